The molecule has 0 saturated carbocycles. The zero-order valence-electron chi connectivity index (χ0n) is 11.3. The Morgan fingerprint density at radius 1 is 1.45 bits per heavy atom. The lowest BCUT2D eigenvalue weighted by Gasteiger charge is -2.37. The number of ether oxygens (including phenoxy) is 1. The van der Waals surface area contributed by atoms with Crippen LogP contribution in [-0.4, -0.2) is 39.3 Å². The van der Waals surface area contributed by atoms with Crippen LogP contribution in [0.15, 0.2) is 23.1 Å². The van der Waals surface area contributed by atoms with Gasteiger partial charge in [0, 0.05) is 12.0 Å². The fraction of sp³-hybridized carbons (Fsp3) is 0.462. The first-order chi connectivity index (χ1) is 9.23. The maximum Gasteiger partial charge on any atom is 0.335 e. The number of rotatable bonds is 5. The molecule has 1 aliphatic rings. The van der Waals surface area contributed by atoms with Crippen LogP contribution in [0.2, 0.25) is 0 Å². The van der Waals surface area contributed by atoms with Crippen molar-refractivity contribution in [3.05, 3.63) is 29.3 Å². The molecule has 1 heterocycles. The van der Waals surface area contributed by atoms with Crippen molar-refractivity contribution in [3.63, 3.8) is 0 Å². The summed E-state index contributed by atoms with van der Waals surface area (Å²) in [5, 5.41) is 9.03. The SMILES string of the molecule is Cc1ccc(S(=O)(=O)NCC2(C)COC2)cc1C(=O)O. The van der Waals surface area contributed by atoms with Crippen LogP contribution in [0.1, 0.15) is 22.8 Å². The number of benzene rings is 1. The molecular weight excluding hydrogens is 282 g/mol. The summed E-state index contributed by atoms with van der Waals surface area (Å²) in [5.74, 6) is -1.14. The van der Waals surface area contributed by atoms with Crippen molar-refractivity contribution in [2.75, 3.05) is 19.8 Å². The van der Waals surface area contributed by atoms with Crippen LogP contribution in [0.25, 0.3) is 0 Å². The van der Waals surface area contributed by atoms with Crippen LogP contribution in [0.5, 0.6) is 0 Å². The van der Waals surface area contributed by atoms with Crippen molar-refractivity contribution in [3.8, 4) is 0 Å². The first kappa shape index (κ1) is 15.0. The summed E-state index contributed by atoms with van der Waals surface area (Å²) < 4.78 is 31.9. The van der Waals surface area contributed by atoms with Crippen LogP contribution in [0.3, 0.4) is 0 Å². The van der Waals surface area contributed by atoms with E-state index >= 15 is 0 Å². The van der Waals surface area contributed by atoms with Crippen molar-refractivity contribution in [2.24, 2.45) is 5.41 Å². The average molecular weight is 299 g/mol. The number of hydrogen-bond acceptors (Lipinski definition) is 4. The molecule has 0 unspecified atom stereocenters. The minimum Gasteiger partial charge on any atom is -0.478 e. The Labute approximate surface area is 117 Å². The highest BCUT2D eigenvalue weighted by molar-refractivity contribution is 7.89. The molecule has 0 aliphatic carbocycles. The van der Waals surface area contributed by atoms with Crippen LogP contribution in [-0.2, 0) is 14.8 Å². The van der Waals surface area contributed by atoms with E-state index in [0.717, 1.165) is 0 Å². The lowest BCUT2D eigenvalue weighted by atomic mass is 9.89. The smallest absolute Gasteiger partial charge is 0.335 e. The standard InChI is InChI=1S/C13H17NO5S/c1-9-3-4-10(5-11(9)12(15)16)20(17,18)14-6-13(2)7-19-8-13/h3-5,14H,6-8H2,1-2H3,(H,15,16). The van der Waals surface area contributed by atoms with E-state index in [1.165, 1.54) is 18.2 Å². The second-order valence-corrected chi connectivity index (χ2v) is 7.18. The number of carbonyl (C=O) groups is 1. The first-order valence-electron chi connectivity index (χ1n) is 6.15. The molecule has 0 amide bonds. The zero-order chi connectivity index (χ0) is 15.0. The van der Waals surface area contributed by atoms with Crippen LogP contribution < -0.4 is 4.72 Å². The number of aromatic carboxylic acids is 1. The lowest BCUT2D eigenvalue weighted by Crippen LogP contribution is -2.48. The third-order valence-electron chi connectivity index (χ3n) is 3.34. The van der Waals surface area contributed by atoms with Crippen molar-refractivity contribution in [1.29, 1.82) is 0 Å². The largest absolute Gasteiger partial charge is 0.478 e. The number of aryl methyl sites for hydroxylation is 1. The molecule has 2 rings (SSSR count). The molecule has 1 fully saturated rings. The normalized spacial score (nSPS) is 17.5. The van der Waals surface area contributed by atoms with E-state index in [2.05, 4.69) is 4.72 Å². The van der Waals surface area contributed by atoms with Gasteiger partial charge in [-0.1, -0.05) is 13.0 Å². The molecule has 1 aliphatic heterocycles. The summed E-state index contributed by atoms with van der Waals surface area (Å²) in [4.78, 5) is 11.0. The van der Waals surface area contributed by atoms with Gasteiger partial charge in [-0.15, -0.1) is 0 Å². The summed E-state index contributed by atoms with van der Waals surface area (Å²) in [6.45, 7) is 4.86. The maximum absolute atomic E-state index is 12.2. The molecule has 7 heteroatoms. The van der Waals surface area contributed by atoms with E-state index in [0.29, 0.717) is 18.8 Å². The molecule has 20 heavy (non-hydrogen) atoms. The Kier molecular flexibility index (Phi) is 3.86. The monoisotopic (exact) mass is 299 g/mol. The first-order valence-corrected chi connectivity index (χ1v) is 7.63. The number of nitrogens with one attached hydrogen (secondary N) is 1. The zero-order valence-corrected chi connectivity index (χ0v) is 12.2. The van der Waals surface area contributed by atoms with Gasteiger partial charge in [0.05, 0.1) is 23.7 Å². The summed E-state index contributed by atoms with van der Waals surface area (Å²) in [6, 6.07) is 4.08. The number of sulfonamides is 1. The lowest BCUT2D eigenvalue weighted by molar-refractivity contribution is -0.0965. The number of hydrogen-bond donors (Lipinski definition) is 2. The Hall–Kier alpha value is -1.44. The Balaban J connectivity index is 2.21. The molecule has 1 aromatic carbocycles. The molecule has 0 bridgehead atoms. The maximum atomic E-state index is 12.2. The quantitative estimate of drug-likeness (QED) is 0.846. The van der Waals surface area contributed by atoms with Crippen molar-refractivity contribution in [2.45, 2.75) is 18.7 Å². The van der Waals surface area contributed by atoms with Gasteiger partial charge in [-0.25, -0.2) is 17.9 Å². The van der Waals surface area contributed by atoms with Gasteiger partial charge in [-0.2, -0.15) is 0 Å². The van der Waals surface area contributed by atoms with E-state index in [4.69, 9.17) is 9.84 Å². The van der Waals surface area contributed by atoms with Gasteiger partial charge in [0.1, 0.15) is 0 Å². The molecule has 0 atom stereocenters. The van der Waals surface area contributed by atoms with Crippen molar-refractivity contribution < 1.29 is 23.1 Å². The highest BCUT2D eigenvalue weighted by atomic mass is 32.2. The van der Waals surface area contributed by atoms with Crippen LogP contribution in [0, 0.1) is 12.3 Å². The Bertz CT molecular complexity index is 634. The predicted octanol–water partition coefficient (Wildman–Crippen LogP) is 1.01. The minimum absolute atomic E-state index is 0.00827. The van der Waals surface area contributed by atoms with Gasteiger partial charge < -0.3 is 9.84 Å². The molecule has 0 aromatic heterocycles. The van der Waals surface area contributed by atoms with Crippen LogP contribution in [0.4, 0.5) is 0 Å². The van der Waals surface area contributed by atoms with Gasteiger partial charge in [0.25, 0.3) is 0 Å². The Morgan fingerprint density at radius 2 is 2.10 bits per heavy atom. The predicted molar refractivity (Wildman–Crippen MR) is 72.3 cm³/mol. The van der Waals surface area contributed by atoms with Crippen LogP contribution >= 0.6 is 0 Å². The van der Waals surface area contributed by atoms with E-state index in [-0.39, 0.29) is 22.4 Å². The highest BCUT2D eigenvalue weighted by Gasteiger charge is 2.34. The number of carboxylic acid groups (broad SMARTS) is 1. The summed E-state index contributed by atoms with van der Waals surface area (Å²) in [5.41, 5.74) is 0.329. The fourth-order valence-corrected chi connectivity index (χ4v) is 3.13. The topological polar surface area (TPSA) is 92.7 Å². The Morgan fingerprint density at radius 3 is 2.60 bits per heavy atom. The molecule has 6 nitrogen and oxygen atoms in total. The van der Waals surface area contributed by atoms with E-state index < -0.39 is 16.0 Å². The van der Waals surface area contributed by atoms with E-state index in [9.17, 15) is 13.2 Å². The molecule has 1 aromatic rings. The van der Waals surface area contributed by atoms with Crippen molar-refractivity contribution >= 4 is 16.0 Å². The molecule has 2 N–H and O–H groups in total. The third kappa shape index (κ3) is 3.00. The minimum atomic E-state index is -3.71. The molecule has 110 valence electrons. The van der Waals surface area contributed by atoms with Gasteiger partial charge in [-0.05, 0) is 24.6 Å². The highest BCUT2D eigenvalue weighted by Crippen LogP contribution is 2.26. The molecule has 0 radical (unpaired) electrons. The second kappa shape index (κ2) is 5.16. The third-order valence-corrected chi connectivity index (χ3v) is 4.74. The van der Waals surface area contributed by atoms with Gasteiger partial charge >= 0.3 is 5.97 Å². The van der Waals surface area contributed by atoms with Gasteiger partial charge in [0.2, 0.25) is 10.0 Å². The van der Waals surface area contributed by atoms with E-state index in [1.54, 1.807) is 6.92 Å². The summed E-state index contributed by atoms with van der Waals surface area (Å²) >= 11 is 0. The fourth-order valence-electron chi connectivity index (χ4n) is 1.90. The number of carboxylic acids is 1. The van der Waals surface area contributed by atoms with Gasteiger partial charge in [0.15, 0.2) is 0 Å². The molecule has 0 spiro atoms. The summed E-state index contributed by atoms with van der Waals surface area (Å²) in [7, 11) is -3.71. The molecular formula is C13H17NO5S. The van der Waals surface area contributed by atoms with E-state index in [1.807, 2.05) is 6.92 Å². The summed E-state index contributed by atoms with van der Waals surface area (Å²) in [6.07, 6.45) is 0. The van der Waals surface area contributed by atoms with Gasteiger partial charge in [-0.3, -0.25) is 0 Å². The molecule has 1 saturated heterocycles. The second-order valence-electron chi connectivity index (χ2n) is 5.41. The van der Waals surface area contributed by atoms with Crippen molar-refractivity contribution in [1.82, 2.24) is 4.72 Å². The average Bonchev–Trinajstić information content (AvgIpc) is 2.34.